The summed E-state index contributed by atoms with van der Waals surface area (Å²) in [6.45, 7) is 0.811. The van der Waals surface area contributed by atoms with Crippen LogP contribution < -0.4 is 10.6 Å². The smallest absolute Gasteiger partial charge is 0.319 e. The quantitative estimate of drug-likeness (QED) is 0.806. The van der Waals surface area contributed by atoms with E-state index in [1.165, 1.54) is 12.1 Å². The number of benzene rings is 1. The number of urea groups is 1. The first-order chi connectivity index (χ1) is 8.81. The van der Waals surface area contributed by atoms with E-state index in [4.69, 9.17) is 0 Å². The standard InChI is InChI=1S/C11H11BrF4N2O/c1-5-2-7(13)9(3-6(5)12)18-11(19)17-4-8(14)10(15)16/h2-3,8,10H,4H2,1H3,(H2,17,18,19). The molecule has 0 bridgehead atoms. The zero-order chi connectivity index (χ0) is 14.6. The van der Waals surface area contributed by atoms with Crippen LogP contribution in [0.3, 0.4) is 0 Å². The van der Waals surface area contributed by atoms with E-state index in [1.807, 2.05) is 5.32 Å². The van der Waals surface area contributed by atoms with Crippen LogP contribution in [0.25, 0.3) is 0 Å². The second kappa shape index (κ2) is 6.74. The molecule has 0 saturated carbocycles. The normalized spacial score (nSPS) is 12.4. The van der Waals surface area contributed by atoms with E-state index in [-0.39, 0.29) is 5.69 Å². The van der Waals surface area contributed by atoms with E-state index in [0.717, 1.165) is 0 Å². The summed E-state index contributed by atoms with van der Waals surface area (Å²) >= 11 is 3.15. The number of rotatable bonds is 4. The number of nitrogens with one attached hydrogen (secondary N) is 2. The molecule has 0 aliphatic heterocycles. The van der Waals surface area contributed by atoms with Crippen LogP contribution >= 0.6 is 15.9 Å². The maximum atomic E-state index is 13.5. The lowest BCUT2D eigenvalue weighted by molar-refractivity contribution is 0.0517. The van der Waals surface area contributed by atoms with Gasteiger partial charge in [-0.05, 0) is 24.6 Å². The molecule has 0 saturated heterocycles. The van der Waals surface area contributed by atoms with Gasteiger partial charge in [-0.1, -0.05) is 15.9 Å². The molecule has 0 heterocycles. The Morgan fingerprint density at radius 2 is 2.00 bits per heavy atom. The molecule has 2 N–H and O–H groups in total. The molecular weight excluding hydrogens is 332 g/mol. The molecule has 1 unspecified atom stereocenters. The second-order valence-electron chi connectivity index (χ2n) is 3.77. The van der Waals surface area contributed by atoms with E-state index in [0.29, 0.717) is 10.0 Å². The highest BCUT2D eigenvalue weighted by molar-refractivity contribution is 9.10. The maximum absolute atomic E-state index is 13.5. The summed E-state index contributed by atoms with van der Waals surface area (Å²) in [6.07, 6.45) is -5.63. The number of aryl methyl sites for hydroxylation is 1. The van der Waals surface area contributed by atoms with Gasteiger partial charge < -0.3 is 10.6 Å². The van der Waals surface area contributed by atoms with Crippen molar-refractivity contribution in [3.8, 4) is 0 Å². The summed E-state index contributed by atoms with van der Waals surface area (Å²) < 4.78 is 50.3. The average molecular weight is 343 g/mol. The first-order valence-corrected chi connectivity index (χ1v) is 6.03. The minimum atomic E-state index is -3.18. The van der Waals surface area contributed by atoms with Crippen molar-refractivity contribution in [2.24, 2.45) is 0 Å². The van der Waals surface area contributed by atoms with Gasteiger partial charge in [0.1, 0.15) is 5.82 Å². The summed E-state index contributed by atoms with van der Waals surface area (Å²) in [5, 5.41) is 3.99. The van der Waals surface area contributed by atoms with Gasteiger partial charge in [0.15, 0.2) is 6.17 Å². The lowest BCUT2D eigenvalue weighted by Crippen LogP contribution is -2.36. The van der Waals surface area contributed by atoms with Crippen LogP contribution in [0.4, 0.5) is 28.0 Å². The summed E-state index contributed by atoms with van der Waals surface area (Å²) in [5.41, 5.74) is 0.493. The van der Waals surface area contributed by atoms with Crippen LogP contribution in [-0.4, -0.2) is 25.2 Å². The third-order valence-corrected chi connectivity index (χ3v) is 3.08. The minimum Gasteiger partial charge on any atom is -0.335 e. The molecule has 106 valence electrons. The number of alkyl halides is 3. The van der Waals surface area contributed by atoms with E-state index < -0.39 is 31.0 Å². The van der Waals surface area contributed by atoms with Crippen LogP contribution in [0.1, 0.15) is 5.56 Å². The van der Waals surface area contributed by atoms with Crippen molar-refractivity contribution in [1.29, 1.82) is 0 Å². The molecular formula is C11H11BrF4N2O. The Labute approximate surface area is 115 Å². The van der Waals surface area contributed by atoms with Gasteiger partial charge in [0.25, 0.3) is 6.43 Å². The van der Waals surface area contributed by atoms with Crippen molar-refractivity contribution in [1.82, 2.24) is 5.32 Å². The fraction of sp³-hybridized carbons (Fsp3) is 0.364. The van der Waals surface area contributed by atoms with Gasteiger partial charge >= 0.3 is 6.03 Å². The molecule has 1 aromatic carbocycles. The lowest BCUT2D eigenvalue weighted by atomic mass is 10.2. The van der Waals surface area contributed by atoms with Crippen molar-refractivity contribution in [3.05, 3.63) is 28.0 Å². The van der Waals surface area contributed by atoms with E-state index in [2.05, 4.69) is 21.2 Å². The molecule has 1 rings (SSSR count). The Kier molecular flexibility index (Phi) is 5.59. The number of hydrogen-bond donors (Lipinski definition) is 2. The first kappa shape index (κ1) is 15.7. The molecule has 1 atom stereocenters. The van der Waals surface area contributed by atoms with E-state index >= 15 is 0 Å². The van der Waals surface area contributed by atoms with Crippen LogP contribution in [0, 0.1) is 12.7 Å². The Balaban J connectivity index is 2.60. The Morgan fingerprint density at radius 1 is 1.37 bits per heavy atom. The van der Waals surface area contributed by atoms with Gasteiger partial charge in [-0.2, -0.15) is 0 Å². The highest BCUT2D eigenvalue weighted by Gasteiger charge is 2.20. The largest absolute Gasteiger partial charge is 0.335 e. The number of hydrogen-bond acceptors (Lipinski definition) is 1. The molecule has 1 aromatic rings. The molecule has 0 aliphatic rings. The highest BCUT2D eigenvalue weighted by atomic mass is 79.9. The number of amides is 2. The summed E-state index contributed by atoms with van der Waals surface area (Å²) in [5.74, 6) is -0.679. The van der Waals surface area contributed by atoms with Gasteiger partial charge in [-0.3, -0.25) is 0 Å². The Bertz CT molecular complexity index is 470. The van der Waals surface area contributed by atoms with Crippen LogP contribution in [0.5, 0.6) is 0 Å². The number of anilines is 1. The fourth-order valence-corrected chi connectivity index (χ4v) is 1.53. The summed E-state index contributed by atoms with van der Waals surface area (Å²) in [6, 6.07) is 1.55. The molecule has 8 heteroatoms. The molecule has 3 nitrogen and oxygen atoms in total. The molecule has 0 fully saturated rings. The van der Waals surface area contributed by atoms with Crippen molar-refractivity contribution < 1.29 is 22.4 Å². The third-order valence-electron chi connectivity index (χ3n) is 2.23. The van der Waals surface area contributed by atoms with E-state index in [9.17, 15) is 22.4 Å². The lowest BCUT2D eigenvalue weighted by Gasteiger charge is -2.11. The molecule has 19 heavy (non-hydrogen) atoms. The summed E-state index contributed by atoms with van der Waals surface area (Å²) in [4.78, 5) is 11.3. The second-order valence-corrected chi connectivity index (χ2v) is 4.62. The molecule has 0 aliphatic carbocycles. The molecule has 0 spiro atoms. The zero-order valence-corrected chi connectivity index (χ0v) is 11.4. The van der Waals surface area contributed by atoms with Gasteiger partial charge in [-0.25, -0.2) is 22.4 Å². The monoisotopic (exact) mass is 342 g/mol. The van der Waals surface area contributed by atoms with Crippen molar-refractivity contribution in [3.63, 3.8) is 0 Å². The molecule has 0 radical (unpaired) electrons. The maximum Gasteiger partial charge on any atom is 0.319 e. The fourth-order valence-electron chi connectivity index (χ4n) is 1.19. The SMILES string of the molecule is Cc1cc(F)c(NC(=O)NCC(F)C(F)F)cc1Br. The Hall–Kier alpha value is -1.31. The van der Waals surface area contributed by atoms with Gasteiger partial charge in [-0.15, -0.1) is 0 Å². The van der Waals surface area contributed by atoms with E-state index in [1.54, 1.807) is 6.92 Å². The van der Waals surface area contributed by atoms with Crippen LogP contribution in [-0.2, 0) is 0 Å². The summed E-state index contributed by atoms with van der Waals surface area (Å²) in [7, 11) is 0. The minimum absolute atomic E-state index is 0.137. The number of halogens is 5. The zero-order valence-electron chi connectivity index (χ0n) is 9.81. The highest BCUT2D eigenvalue weighted by Crippen LogP contribution is 2.24. The van der Waals surface area contributed by atoms with Gasteiger partial charge in [0.2, 0.25) is 0 Å². The average Bonchev–Trinajstić information content (AvgIpc) is 2.32. The van der Waals surface area contributed by atoms with Gasteiger partial charge in [0, 0.05) is 4.47 Å². The number of carbonyl (C=O) groups is 1. The topological polar surface area (TPSA) is 41.1 Å². The Morgan fingerprint density at radius 3 is 2.58 bits per heavy atom. The van der Waals surface area contributed by atoms with Gasteiger partial charge in [0.05, 0.1) is 12.2 Å². The van der Waals surface area contributed by atoms with Crippen LogP contribution in [0.15, 0.2) is 16.6 Å². The van der Waals surface area contributed by atoms with Crippen molar-refractivity contribution in [2.75, 3.05) is 11.9 Å². The predicted octanol–water partition coefficient (Wildman–Crippen LogP) is 3.62. The third kappa shape index (κ3) is 4.70. The van der Waals surface area contributed by atoms with Crippen molar-refractivity contribution in [2.45, 2.75) is 19.5 Å². The molecule has 0 aromatic heterocycles. The molecule has 2 amide bonds. The predicted molar refractivity (Wildman–Crippen MR) is 66.8 cm³/mol. The van der Waals surface area contributed by atoms with Crippen molar-refractivity contribution >= 4 is 27.6 Å². The number of carbonyl (C=O) groups excluding carboxylic acids is 1. The first-order valence-electron chi connectivity index (χ1n) is 5.24. The van der Waals surface area contributed by atoms with Crippen LogP contribution in [0.2, 0.25) is 0 Å².